The van der Waals surface area contributed by atoms with Gasteiger partial charge < -0.3 is 10.4 Å². The van der Waals surface area contributed by atoms with E-state index in [1.807, 2.05) is 0 Å². The second-order valence-corrected chi connectivity index (χ2v) is 4.51. The number of hydrogen-bond acceptors (Lipinski definition) is 2. The zero-order valence-corrected chi connectivity index (χ0v) is 11.1. The van der Waals surface area contributed by atoms with Gasteiger partial charge in [0.25, 0.3) is 5.91 Å². The monoisotopic (exact) mass is 283 g/mol. The first-order valence-corrected chi connectivity index (χ1v) is 5.93. The number of halogens is 2. The topological polar surface area (TPSA) is 66.4 Å². The third-order valence-electron chi connectivity index (χ3n) is 2.55. The number of allylic oxidation sites excluding steroid dienone is 1. The summed E-state index contributed by atoms with van der Waals surface area (Å²) in [7, 11) is 0. The molecule has 0 aromatic heterocycles. The van der Waals surface area contributed by atoms with Crippen molar-refractivity contribution < 1.29 is 23.5 Å². The third kappa shape index (κ3) is 4.46. The quantitative estimate of drug-likeness (QED) is 0.816. The van der Waals surface area contributed by atoms with E-state index in [2.05, 4.69) is 5.32 Å². The van der Waals surface area contributed by atoms with Crippen LogP contribution in [0.2, 0.25) is 0 Å². The van der Waals surface area contributed by atoms with Gasteiger partial charge in [0.1, 0.15) is 6.04 Å². The average molecular weight is 283 g/mol. The van der Waals surface area contributed by atoms with E-state index in [1.54, 1.807) is 19.9 Å². The van der Waals surface area contributed by atoms with Crippen LogP contribution in [0.25, 0.3) is 0 Å². The number of nitrogens with one attached hydrogen (secondary N) is 1. The highest BCUT2D eigenvalue weighted by Crippen LogP contribution is 2.09. The Morgan fingerprint density at radius 1 is 1.30 bits per heavy atom. The van der Waals surface area contributed by atoms with Gasteiger partial charge in [0.2, 0.25) is 0 Å². The number of carboxylic acid groups (broad SMARTS) is 1. The maximum atomic E-state index is 13.0. The molecule has 0 saturated heterocycles. The fourth-order valence-electron chi connectivity index (χ4n) is 1.45. The molecule has 1 rings (SSSR count). The number of carboxylic acids is 1. The van der Waals surface area contributed by atoms with Crippen molar-refractivity contribution in [3.63, 3.8) is 0 Å². The van der Waals surface area contributed by atoms with Crippen molar-refractivity contribution in [1.82, 2.24) is 5.32 Å². The molecule has 4 nitrogen and oxygen atoms in total. The summed E-state index contributed by atoms with van der Waals surface area (Å²) in [5.41, 5.74) is 0.783. The Bertz CT molecular complexity index is 551. The van der Waals surface area contributed by atoms with Crippen LogP contribution in [0.4, 0.5) is 8.78 Å². The Morgan fingerprint density at radius 2 is 1.95 bits per heavy atom. The van der Waals surface area contributed by atoms with Crippen LogP contribution in [-0.4, -0.2) is 23.0 Å². The molecule has 1 aromatic carbocycles. The molecule has 0 fully saturated rings. The molecule has 0 saturated carbocycles. The minimum atomic E-state index is -1.20. The van der Waals surface area contributed by atoms with Crippen LogP contribution in [0.3, 0.4) is 0 Å². The fourth-order valence-corrected chi connectivity index (χ4v) is 1.45. The minimum Gasteiger partial charge on any atom is -0.480 e. The number of carbonyl (C=O) groups excluding carboxylic acids is 1. The molecule has 108 valence electrons. The summed E-state index contributed by atoms with van der Waals surface area (Å²) in [5, 5.41) is 11.3. The van der Waals surface area contributed by atoms with Crippen molar-refractivity contribution in [2.75, 3.05) is 0 Å². The first kappa shape index (κ1) is 15.8. The van der Waals surface area contributed by atoms with Gasteiger partial charge in [-0.25, -0.2) is 13.6 Å². The second-order valence-electron chi connectivity index (χ2n) is 4.51. The molecule has 1 atom stereocenters. The van der Waals surface area contributed by atoms with E-state index in [0.717, 1.165) is 23.8 Å². The van der Waals surface area contributed by atoms with Crippen LogP contribution in [0, 0.1) is 11.6 Å². The van der Waals surface area contributed by atoms with Gasteiger partial charge in [0.15, 0.2) is 11.6 Å². The Hall–Kier alpha value is -2.24. The van der Waals surface area contributed by atoms with Gasteiger partial charge in [0, 0.05) is 5.56 Å². The summed E-state index contributed by atoms with van der Waals surface area (Å²) >= 11 is 0. The molecule has 0 heterocycles. The highest BCUT2D eigenvalue weighted by molar-refractivity contribution is 5.96. The van der Waals surface area contributed by atoms with Crippen molar-refractivity contribution in [2.24, 2.45) is 0 Å². The Morgan fingerprint density at radius 3 is 2.45 bits per heavy atom. The fraction of sp³-hybridized carbons (Fsp3) is 0.286. The summed E-state index contributed by atoms with van der Waals surface area (Å²) in [5.74, 6) is -4.19. The molecule has 0 aliphatic rings. The summed E-state index contributed by atoms with van der Waals surface area (Å²) < 4.78 is 25.8. The number of aliphatic carboxylic acids is 1. The lowest BCUT2D eigenvalue weighted by Crippen LogP contribution is -2.40. The van der Waals surface area contributed by atoms with Crippen LogP contribution in [0.5, 0.6) is 0 Å². The van der Waals surface area contributed by atoms with Crippen LogP contribution in [-0.2, 0) is 4.79 Å². The minimum absolute atomic E-state index is 0.118. The lowest BCUT2D eigenvalue weighted by molar-refractivity contribution is -0.139. The Labute approximate surface area is 115 Å². The van der Waals surface area contributed by atoms with Crippen molar-refractivity contribution in [3.05, 3.63) is 47.0 Å². The summed E-state index contributed by atoms with van der Waals surface area (Å²) in [6, 6.07) is 1.51. The van der Waals surface area contributed by atoms with Crippen molar-refractivity contribution in [3.8, 4) is 0 Å². The molecule has 20 heavy (non-hydrogen) atoms. The summed E-state index contributed by atoms with van der Waals surface area (Å²) in [6.45, 7) is 3.60. The zero-order chi connectivity index (χ0) is 15.3. The van der Waals surface area contributed by atoms with Crippen LogP contribution in [0.15, 0.2) is 29.8 Å². The number of carbonyl (C=O) groups is 2. The van der Waals surface area contributed by atoms with E-state index in [0.29, 0.717) is 0 Å². The number of amides is 1. The SMILES string of the molecule is CC(C)=CC[C@@H](NC(=O)c1ccc(F)c(F)c1)C(=O)O. The van der Waals surface area contributed by atoms with Crippen molar-refractivity contribution in [1.29, 1.82) is 0 Å². The summed E-state index contributed by atoms with van der Waals surface area (Å²) in [6.07, 6.45) is 1.79. The summed E-state index contributed by atoms with van der Waals surface area (Å²) in [4.78, 5) is 22.8. The predicted octanol–water partition coefficient (Wildman–Crippen LogP) is 2.50. The zero-order valence-electron chi connectivity index (χ0n) is 11.1. The standard InChI is InChI=1S/C14H15F2NO3/c1-8(2)3-6-12(14(19)20)17-13(18)9-4-5-10(15)11(16)7-9/h3-5,7,12H,6H2,1-2H3,(H,17,18)(H,19,20)/t12-/m1/s1. The molecule has 2 N–H and O–H groups in total. The smallest absolute Gasteiger partial charge is 0.326 e. The lowest BCUT2D eigenvalue weighted by Gasteiger charge is -2.13. The van der Waals surface area contributed by atoms with Gasteiger partial charge in [-0.05, 0) is 38.5 Å². The van der Waals surface area contributed by atoms with Crippen molar-refractivity contribution >= 4 is 11.9 Å². The molecule has 0 spiro atoms. The normalized spacial score (nSPS) is 11.6. The van der Waals surface area contributed by atoms with Gasteiger partial charge in [-0.3, -0.25) is 4.79 Å². The maximum absolute atomic E-state index is 13.0. The van der Waals surface area contributed by atoms with Gasteiger partial charge in [-0.1, -0.05) is 11.6 Å². The Balaban J connectivity index is 2.82. The van der Waals surface area contributed by atoms with E-state index in [-0.39, 0.29) is 12.0 Å². The van der Waals surface area contributed by atoms with Crippen LogP contribution in [0.1, 0.15) is 30.6 Å². The van der Waals surface area contributed by atoms with Gasteiger partial charge in [-0.15, -0.1) is 0 Å². The predicted molar refractivity (Wildman–Crippen MR) is 69.3 cm³/mol. The lowest BCUT2D eigenvalue weighted by atomic mass is 10.1. The first-order chi connectivity index (χ1) is 9.31. The van der Waals surface area contributed by atoms with Crippen LogP contribution >= 0.6 is 0 Å². The van der Waals surface area contributed by atoms with E-state index >= 15 is 0 Å². The molecule has 0 aliphatic carbocycles. The molecule has 0 radical (unpaired) electrons. The van der Waals surface area contributed by atoms with Crippen molar-refractivity contribution in [2.45, 2.75) is 26.3 Å². The molecule has 0 unspecified atom stereocenters. The van der Waals surface area contributed by atoms with Crippen LogP contribution < -0.4 is 5.32 Å². The van der Waals surface area contributed by atoms with E-state index in [1.165, 1.54) is 0 Å². The van der Waals surface area contributed by atoms with E-state index < -0.39 is 29.6 Å². The average Bonchev–Trinajstić information content (AvgIpc) is 2.36. The molecular formula is C14H15F2NO3. The van der Waals surface area contributed by atoms with Gasteiger partial charge in [-0.2, -0.15) is 0 Å². The van der Waals surface area contributed by atoms with E-state index in [4.69, 9.17) is 5.11 Å². The highest BCUT2D eigenvalue weighted by Gasteiger charge is 2.20. The maximum Gasteiger partial charge on any atom is 0.326 e. The third-order valence-corrected chi connectivity index (χ3v) is 2.55. The molecule has 1 amide bonds. The van der Waals surface area contributed by atoms with Gasteiger partial charge in [0.05, 0.1) is 0 Å². The molecular weight excluding hydrogens is 268 g/mol. The molecule has 0 bridgehead atoms. The van der Waals surface area contributed by atoms with Gasteiger partial charge >= 0.3 is 5.97 Å². The second kappa shape index (κ2) is 6.79. The number of hydrogen-bond donors (Lipinski definition) is 2. The Kier molecular flexibility index (Phi) is 5.37. The number of benzene rings is 1. The first-order valence-electron chi connectivity index (χ1n) is 5.93. The highest BCUT2D eigenvalue weighted by atomic mass is 19.2. The number of rotatable bonds is 5. The molecule has 1 aromatic rings. The van der Waals surface area contributed by atoms with E-state index in [9.17, 15) is 18.4 Å². The largest absolute Gasteiger partial charge is 0.480 e. The molecule has 6 heteroatoms. The molecule has 0 aliphatic heterocycles.